The fraction of sp³-hybridized carbons (Fsp3) is 0.733. The van der Waals surface area contributed by atoms with Gasteiger partial charge in [-0.2, -0.15) is 0 Å². The summed E-state index contributed by atoms with van der Waals surface area (Å²) in [5, 5.41) is 10.6. The zero-order valence-electron chi connectivity index (χ0n) is 12.2. The van der Waals surface area contributed by atoms with Crippen molar-refractivity contribution in [3.05, 3.63) is 17.5 Å². The highest BCUT2D eigenvalue weighted by Gasteiger charge is 2.40. The van der Waals surface area contributed by atoms with Crippen LogP contribution in [0, 0.1) is 5.92 Å². The smallest absolute Gasteiger partial charge is 0.318 e. The summed E-state index contributed by atoms with van der Waals surface area (Å²) in [5.41, 5.74) is 0.925. The zero-order valence-corrected chi connectivity index (χ0v) is 12.2. The van der Waals surface area contributed by atoms with Crippen LogP contribution in [0.15, 0.2) is 10.6 Å². The summed E-state index contributed by atoms with van der Waals surface area (Å²) in [6.07, 6.45) is 5.38. The van der Waals surface area contributed by atoms with Gasteiger partial charge in [-0.15, -0.1) is 0 Å². The third-order valence-corrected chi connectivity index (χ3v) is 5.04. The molecule has 2 bridgehead atoms. The van der Waals surface area contributed by atoms with Gasteiger partial charge in [-0.25, -0.2) is 4.79 Å². The average Bonchev–Trinajstić information content (AvgIpc) is 3.07. The summed E-state index contributed by atoms with van der Waals surface area (Å²) in [4.78, 5) is 13.8. The molecule has 0 saturated carbocycles. The maximum atomic E-state index is 11.9. The second kappa shape index (κ2) is 5.33. The summed E-state index contributed by atoms with van der Waals surface area (Å²) in [7, 11) is 0. The van der Waals surface area contributed by atoms with Crippen molar-refractivity contribution in [1.29, 1.82) is 0 Å². The van der Waals surface area contributed by atoms with E-state index in [-0.39, 0.29) is 12.1 Å². The lowest BCUT2D eigenvalue weighted by Gasteiger charge is -2.28. The van der Waals surface area contributed by atoms with Gasteiger partial charge in [0, 0.05) is 25.1 Å². The van der Waals surface area contributed by atoms with Gasteiger partial charge in [-0.05, 0) is 44.7 Å². The minimum absolute atomic E-state index is 0.0467. The highest BCUT2D eigenvalue weighted by atomic mass is 16.5. The van der Waals surface area contributed by atoms with Crippen LogP contribution in [-0.2, 0) is 6.42 Å². The lowest BCUT2D eigenvalue weighted by molar-refractivity contribution is 0.180. The van der Waals surface area contributed by atoms with Crippen LogP contribution in [0.25, 0.3) is 0 Å². The quantitative estimate of drug-likeness (QED) is 0.884. The lowest BCUT2D eigenvalue weighted by atomic mass is 9.93. The molecule has 2 N–H and O–H groups in total. The van der Waals surface area contributed by atoms with Crippen molar-refractivity contribution in [2.75, 3.05) is 19.6 Å². The van der Waals surface area contributed by atoms with E-state index >= 15 is 0 Å². The Kier molecular flexibility index (Phi) is 3.33. The summed E-state index contributed by atoms with van der Waals surface area (Å²) < 4.78 is 5.53. The molecule has 6 nitrogen and oxygen atoms in total. The molecule has 0 unspecified atom stereocenters. The van der Waals surface area contributed by atoms with Crippen LogP contribution < -0.4 is 10.6 Å². The molecule has 6 heteroatoms. The maximum Gasteiger partial charge on any atom is 0.318 e. The molecular formula is C15H22N4O2. The number of carbonyl (C=O) groups is 1. The molecule has 3 fully saturated rings. The van der Waals surface area contributed by atoms with E-state index < -0.39 is 0 Å². The van der Waals surface area contributed by atoms with E-state index in [1.807, 2.05) is 4.90 Å². The van der Waals surface area contributed by atoms with E-state index in [2.05, 4.69) is 21.9 Å². The van der Waals surface area contributed by atoms with Crippen LogP contribution in [0.5, 0.6) is 0 Å². The Morgan fingerprint density at radius 3 is 3.00 bits per heavy atom. The first kappa shape index (κ1) is 13.1. The van der Waals surface area contributed by atoms with E-state index in [0.29, 0.717) is 12.0 Å². The topological polar surface area (TPSA) is 70.4 Å². The van der Waals surface area contributed by atoms with Gasteiger partial charge in [0.2, 0.25) is 0 Å². The predicted octanol–water partition coefficient (Wildman–Crippen LogP) is 1.45. The largest absolute Gasteiger partial charge is 0.361 e. The van der Waals surface area contributed by atoms with Crippen LogP contribution in [0.2, 0.25) is 0 Å². The molecule has 114 valence electrons. The van der Waals surface area contributed by atoms with Gasteiger partial charge in [0.1, 0.15) is 11.5 Å². The SMILES string of the molecule is O=C1N[C@@H]2CC[C@@H](c3cc(CC4CCNCC4)on3)N1C2. The molecule has 3 aliphatic heterocycles. The summed E-state index contributed by atoms with van der Waals surface area (Å²) in [6, 6.07) is 2.54. The molecule has 0 spiro atoms. The molecular weight excluding hydrogens is 268 g/mol. The third kappa shape index (κ3) is 2.52. The Balaban J connectivity index is 1.45. The van der Waals surface area contributed by atoms with Crippen molar-refractivity contribution >= 4 is 6.03 Å². The molecule has 4 rings (SSSR count). The van der Waals surface area contributed by atoms with E-state index in [9.17, 15) is 4.79 Å². The van der Waals surface area contributed by atoms with Crippen molar-refractivity contribution < 1.29 is 9.32 Å². The number of amides is 2. The van der Waals surface area contributed by atoms with Crippen LogP contribution >= 0.6 is 0 Å². The molecule has 0 aromatic carbocycles. The summed E-state index contributed by atoms with van der Waals surface area (Å²) in [6.45, 7) is 3.01. The number of urea groups is 1. The molecule has 3 aliphatic rings. The Labute approximate surface area is 124 Å². The van der Waals surface area contributed by atoms with Gasteiger partial charge in [0.15, 0.2) is 0 Å². The first-order valence-corrected chi connectivity index (χ1v) is 8.03. The average molecular weight is 290 g/mol. The fourth-order valence-corrected chi connectivity index (χ4v) is 3.83. The second-order valence-electron chi connectivity index (χ2n) is 6.51. The molecule has 0 radical (unpaired) electrons. The standard InChI is InChI=1S/C15H22N4O2/c20-15-17-11-1-2-14(19(15)9-11)13-8-12(21-18-13)7-10-3-5-16-6-4-10/h8,10-11,14,16H,1-7,9H2,(H,17,20)/t11-,14+/m1/s1. The van der Waals surface area contributed by atoms with Gasteiger partial charge in [0.05, 0.1) is 6.04 Å². The predicted molar refractivity (Wildman–Crippen MR) is 76.8 cm³/mol. The van der Waals surface area contributed by atoms with Crippen LogP contribution in [-0.4, -0.2) is 41.8 Å². The number of fused-ring (bicyclic) bond motifs is 2. The van der Waals surface area contributed by atoms with Crippen molar-refractivity contribution in [2.24, 2.45) is 5.92 Å². The van der Waals surface area contributed by atoms with E-state index in [1.165, 1.54) is 12.8 Å². The normalized spacial score (nSPS) is 29.7. The maximum absolute atomic E-state index is 11.9. The number of hydrogen-bond donors (Lipinski definition) is 2. The molecule has 1 aromatic rings. The fourth-order valence-electron chi connectivity index (χ4n) is 3.83. The molecule has 0 aliphatic carbocycles. The Morgan fingerprint density at radius 2 is 2.14 bits per heavy atom. The third-order valence-electron chi connectivity index (χ3n) is 5.04. The molecule has 2 amide bonds. The number of nitrogens with zero attached hydrogens (tertiary/aromatic N) is 2. The monoisotopic (exact) mass is 290 g/mol. The lowest BCUT2D eigenvalue weighted by Crippen LogP contribution is -2.34. The highest BCUT2D eigenvalue weighted by Crippen LogP contribution is 2.34. The summed E-state index contributed by atoms with van der Waals surface area (Å²) in [5.74, 6) is 1.66. The summed E-state index contributed by atoms with van der Waals surface area (Å²) >= 11 is 0. The Morgan fingerprint density at radius 1 is 1.29 bits per heavy atom. The van der Waals surface area contributed by atoms with Crippen molar-refractivity contribution in [3.8, 4) is 0 Å². The molecule has 2 atom stereocenters. The minimum atomic E-state index is 0.0467. The second-order valence-corrected chi connectivity index (χ2v) is 6.51. The van der Waals surface area contributed by atoms with Gasteiger partial charge in [-0.3, -0.25) is 0 Å². The van der Waals surface area contributed by atoms with Gasteiger partial charge < -0.3 is 20.1 Å². The number of carbonyl (C=O) groups excluding carboxylic acids is 1. The van der Waals surface area contributed by atoms with Crippen LogP contribution in [0.1, 0.15) is 43.2 Å². The number of hydrogen-bond acceptors (Lipinski definition) is 4. The van der Waals surface area contributed by atoms with E-state index in [0.717, 1.165) is 50.4 Å². The number of piperidine rings is 2. The molecule has 4 heterocycles. The zero-order chi connectivity index (χ0) is 14.2. The van der Waals surface area contributed by atoms with E-state index in [4.69, 9.17) is 4.52 Å². The number of nitrogens with one attached hydrogen (secondary N) is 2. The first-order chi connectivity index (χ1) is 10.3. The van der Waals surface area contributed by atoms with Crippen molar-refractivity contribution in [1.82, 2.24) is 20.7 Å². The minimum Gasteiger partial charge on any atom is -0.361 e. The number of aromatic nitrogens is 1. The first-order valence-electron chi connectivity index (χ1n) is 8.03. The Hall–Kier alpha value is -1.56. The van der Waals surface area contributed by atoms with E-state index in [1.54, 1.807) is 0 Å². The number of rotatable bonds is 3. The van der Waals surface area contributed by atoms with Crippen LogP contribution in [0.3, 0.4) is 0 Å². The van der Waals surface area contributed by atoms with Gasteiger partial charge >= 0.3 is 6.03 Å². The van der Waals surface area contributed by atoms with Crippen molar-refractivity contribution in [2.45, 2.75) is 44.2 Å². The van der Waals surface area contributed by atoms with Gasteiger partial charge in [-0.1, -0.05) is 5.16 Å². The van der Waals surface area contributed by atoms with Crippen molar-refractivity contribution in [3.63, 3.8) is 0 Å². The molecule has 21 heavy (non-hydrogen) atoms. The molecule has 1 aromatic heterocycles. The molecule has 3 saturated heterocycles. The highest BCUT2D eigenvalue weighted by molar-refractivity contribution is 5.77. The van der Waals surface area contributed by atoms with Gasteiger partial charge in [0.25, 0.3) is 0 Å². The Bertz CT molecular complexity index is 523. The van der Waals surface area contributed by atoms with Crippen LogP contribution in [0.4, 0.5) is 4.79 Å².